The van der Waals surface area contributed by atoms with Crippen molar-refractivity contribution >= 4 is 11.9 Å². The Labute approximate surface area is 95.6 Å². The normalized spacial score (nSPS) is 26.8. The van der Waals surface area contributed by atoms with E-state index in [2.05, 4.69) is 10.6 Å². The Morgan fingerprint density at radius 2 is 2.06 bits per heavy atom. The molecule has 0 radical (unpaired) electrons. The largest absolute Gasteiger partial charge is 0.480 e. The van der Waals surface area contributed by atoms with E-state index in [1.54, 1.807) is 13.8 Å². The van der Waals surface area contributed by atoms with Crippen LogP contribution in [-0.2, 0) is 9.59 Å². The van der Waals surface area contributed by atoms with Crippen LogP contribution in [-0.4, -0.2) is 35.6 Å². The van der Waals surface area contributed by atoms with Crippen molar-refractivity contribution in [2.24, 2.45) is 11.8 Å². The van der Waals surface area contributed by atoms with Crippen molar-refractivity contribution in [1.29, 1.82) is 0 Å². The molecule has 0 aromatic rings. The van der Waals surface area contributed by atoms with Crippen LogP contribution in [0.1, 0.15) is 27.2 Å². The molecular formula is C11H20N2O3. The lowest BCUT2D eigenvalue weighted by Gasteiger charge is -2.21. The summed E-state index contributed by atoms with van der Waals surface area (Å²) >= 11 is 0. The summed E-state index contributed by atoms with van der Waals surface area (Å²) in [6.45, 7) is 6.34. The predicted octanol–water partition coefficient (Wildman–Crippen LogP) is 0.210. The first-order chi connectivity index (χ1) is 7.43. The van der Waals surface area contributed by atoms with Gasteiger partial charge in [-0.05, 0) is 25.8 Å². The summed E-state index contributed by atoms with van der Waals surface area (Å²) in [5.74, 6) is -1.34. The van der Waals surface area contributed by atoms with Crippen molar-refractivity contribution in [3.05, 3.63) is 0 Å². The summed E-state index contributed by atoms with van der Waals surface area (Å²) in [5, 5.41) is 14.8. The Balaban J connectivity index is 2.58. The quantitative estimate of drug-likeness (QED) is 0.642. The predicted molar refractivity (Wildman–Crippen MR) is 60.0 cm³/mol. The zero-order valence-electron chi connectivity index (χ0n) is 9.99. The standard InChI is InChI=1S/C11H20N2O3/c1-6(2)9(11(15)16)13-10(14)8-4-5-12-7(8)3/h6-9,12H,4-5H2,1-3H3,(H,13,14)(H,15,16). The van der Waals surface area contributed by atoms with Crippen LogP contribution in [0.25, 0.3) is 0 Å². The highest BCUT2D eigenvalue weighted by molar-refractivity contribution is 5.85. The van der Waals surface area contributed by atoms with Gasteiger partial charge in [-0.3, -0.25) is 4.79 Å². The second-order valence-corrected chi connectivity index (χ2v) is 4.71. The molecule has 16 heavy (non-hydrogen) atoms. The molecule has 5 heteroatoms. The Morgan fingerprint density at radius 3 is 2.44 bits per heavy atom. The van der Waals surface area contributed by atoms with Crippen LogP contribution in [0.5, 0.6) is 0 Å². The highest BCUT2D eigenvalue weighted by Gasteiger charge is 2.32. The van der Waals surface area contributed by atoms with E-state index in [4.69, 9.17) is 5.11 Å². The fourth-order valence-electron chi connectivity index (χ4n) is 1.99. The van der Waals surface area contributed by atoms with Gasteiger partial charge in [-0.2, -0.15) is 0 Å². The number of rotatable bonds is 4. The molecule has 1 heterocycles. The van der Waals surface area contributed by atoms with E-state index < -0.39 is 12.0 Å². The molecule has 1 saturated heterocycles. The molecule has 3 unspecified atom stereocenters. The average Bonchev–Trinajstić information content (AvgIpc) is 2.59. The lowest BCUT2D eigenvalue weighted by atomic mass is 9.98. The van der Waals surface area contributed by atoms with Gasteiger partial charge in [-0.1, -0.05) is 13.8 Å². The minimum Gasteiger partial charge on any atom is -0.480 e. The number of hydrogen-bond acceptors (Lipinski definition) is 3. The molecule has 1 fully saturated rings. The molecule has 0 aliphatic carbocycles. The van der Waals surface area contributed by atoms with E-state index in [9.17, 15) is 9.59 Å². The van der Waals surface area contributed by atoms with Crippen LogP contribution in [0, 0.1) is 11.8 Å². The van der Waals surface area contributed by atoms with E-state index in [1.165, 1.54) is 0 Å². The maximum absolute atomic E-state index is 11.9. The third kappa shape index (κ3) is 2.95. The van der Waals surface area contributed by atoms with E-state index in [0.717, 1.165) is 13.0 Å². The van der Waals surface area contributed by atoms with Gasteiger partial charge in [0, 0.05) is 6.04 Å². The van der Waals surface area contributed by atoms with Gasteiger partial charge < -0.3 is 15.7 Å². The lowest BCUT2D eigenvalue weighted by molar-refractivity contribution is -0.143. The molecule has 0 bridgehead atoms. The van der Waals surface area contributed by atoms with Gasteiger partial charge in [-0.25, -0.2) is 4.79 Å². The zero-order chi connectivity index (χ0) is 12.3. The Morgan fingerprint density at radius 1 is 1.44 bits per heavy atom. The molecule has 1 aliphatic rings. The van der Waals surface area contributed by atoms with Crippen molar-refractivity contribution in [3.63, 3.8) is 0 Å². The second kappa shape index (κ2) is 5.30. The van der Waals surface area contributed by atoms with Gasteiger partial charge in [0.1, 0.15) is 6.04 Å². The van der Waals surface area contributed by atoms with E-state index in [0.29, 0.717) is 0 Å². The highest BCUT2D eigenvalue weighted by atomic mass is 16.4. The van der Waals surface area contributed by atoms with Crippen molar-refractivity contribution in [2.75, 3.05) is 6.54 Å². The second-order valence-electron chi connectivity index (χ2n) is 4.71. The van der Waals surface area contributed by atoms with Crippen LogP contribution in [0.15, 0.2) is 0 Å². The molecule has 92 valence electrons. The smallest absolute Gasteiger partial charge is 0.326 e. The van der Waals surface area contributed by atoms with Crippen molar-refractivity contribution in [3.8, 4) is 0 Å². The molecule has 0 saturated carbocycles. The van der Waals surface area contributed by atoms with Crippen LogP contribution in [0.4, 0.5) is 0 Å². The van der Waals surface area contributed by atoms with Crippen LogP contribution in [0.2, 0.25) is 0 Å². The highest BCUT2D eigenvalue weighted by Crippen LogP contribution is 2.16. The fourth-order valence-corrected chi connectivity index (χ4v) is 1.99. The number of hydrogen-bond donors (Lipinski definition) is 3. The molecule has 3 N–H and O–H groups in total. The van der Waals surface area contributed by atoms with Crippen LogP contribution < -0.4 is 10.6 Å². The molecule has 0 aromatic heterocycles. The first-order valence-electron chi connectivity index (χ1n) is 5.70. The number of carbonyl (C=O) groups excluding carboxylic acids is 1. The van der Waals surface area contributed by atoms with Gasteiger partial charge in [0.2, 0.25) is 5.91 Å². The first kappa shape index (κ1) is 13.0. The van der Waals surface area contributed by atoms with Gasteiger partial charge in [0.05, 0.1) is 5.92 Å². The van der Waals surface area contributed by atoms with Crippen molar-refractivity contribution in [2.45, 2.75) is 39.3 Å². The molecule has 1 rings (SSSR count). The van der Waals surface area contributed by atoms with Gasteiger partial charge in [0.25, 0.3) is 0 Å². The lowest BCUT2D eigenvalue weighted by Crippen LogP contribution is -2.48. The summed E-state index contributed by atoms with van der Waals surface area (Å²) < 4.78 is 0. The van der Waals surface area contributed by atoms with Gasteiger partial charge in [0.15, 0.2) is 0 Å². The number of amides is 1. The summed E-state index contributed by atoms with van der Waals surface area (Å²) in [6.07, 6.45) is 0.775. The molecule has 0 spiro atoms. The maximum atomic E-state index is 11.9. The molecule has 5 nitrogen and oxygen atoms in total. The topological polar surface area (TPSA) is 78.4 Å². The number of carboxylic acids is 1. The zero-order valence-corrected chi connectivity index (χ0v) is 9.99. The number of carbonyl (C=O) groups is 2. The fraction of sp³-hybridized carbons (Fsp3) is 0.818. The number of aliphatic carboxylic acids is 1. The van der Waals surface area contributed by atoms with E-state index in [1.807, 2.05) is 6.92 Å². The SMILES string of the molecule is CC(C)C(NC(=O)C1CCNC1C)C(=O)O. The molecule has 3 atom stereocenters. The van der Waals surface area contributed by atoms with Gasteiger partial charge >= 0.3 is 5.97 Å². The third-order valence-corrected chi connectivity index (χ3v) is 3.09. The third-order valence-electron chi connectivity index (χ3n) is 3.09. The Hall–Kier alpha value is -1.10. The van der Waals surface area contributed by atoms with Gasteiger partial charge in [-0.15, -0.1) is 0 Å². The summed E-state index contributed by atoms with van der Waals surface area (Å²) in [6, 6.07) is -0.665. The molecule has 0 aromatic carbocycles. The van der Waals surface area contributed by atoms with E-state index >= 15 is 0 Å². The van der Waals surface area contributed by atoms with Crippen molar-refractivity contribution < 1.29 is 14.7 Å². The number of nitrogens with one attached hydrogen (secondary N) is 2. The monoisotopic (exact) mass is 228 g/mol. The minimum atomic E-state index is -0.970. The summed E-state index contributed by atoms with van der Waals surface area (Å²) in [5.41, 5.74) is 0. The van der Waals surface area contributed by atoms with Crippen LogP contribution >= 0.6 is 0 Å². The Kier molecular flexibility index (Phi) is 4.29. The minimum absolute atomic E-state index is 0.105. The number of carboxylic acid groups (broad SMARTS) is 1. The molecule has 1 aliphatic heterocycles. The molecule has 1 amide bonds. The summed E-state index contributed by atoms with van der Waals surface area (Å²) in [7, 11) is 0. The maximum Gasteiger partial charge on any atom is 0.326 e. The Bertz CT molecular complexity index is 278. The van der Waals surface area contributed by atoms with Crippen molar-refractivity contribution in [1.82, 2.24) is 10.6 Å². The summed E-state index contributed by atoms with van der Waals surface area (Å²) in [4.78, 5) is 22.8. The van der Waals surface area contributed by atoms with E-state index in [-0.39, 0.29) is 23.8 Å². The van der Waals surface area contributed by atoms with Crippen LogP contribution in [0.3, 0.4) is 0 Å². The first-order valence-corrected chi connectivity index (χ1v) is 5.70. The average molecular weight is 228 g/mol. The molecular weight excluding hydrogens is 208 g/mol.